The predicted octanol–water partition coefficient (Wildman–Crippen LogP) is 2.62. The molecule has 0 atom stereocenters. The first-order valence-corrected chi connectivity index (χ1v) is 8.69. The Morgan fingerprint density at radius 2 is 2.21 bits per heavy atom. The minimum absolute atomic E-state index is 0.0985. The number of hydrogen-bond donors (Lipinski definition) is 3. The minimum atomic E-state index is -0.0985. The van der Waals surface area contributed by atoms with Crippen molar-refractivity contribution in [2.45, 2.75) is 33.7 Å². The van der Waals surface area contributed by atoms with Gasteiger partial charge in [-0.05, 0) is 24.5 Å². The Morgan fingerprint density at radius 1 is 1.42 bits per heavy atom. The van der Waals surface area contributed by atoms with Crippen LogP contribution in [-0.4, -0.2) is 23.4 Å². The molecule has 2 aromatic heterocycles. The van der Waals surface area contributed by atoms with E-state index in [9.17, 15) is 4.79 Å². The lowest BCUT2D eigenvalue weighted by Gasteiger charge is -2.06. The lowest BCUT2D eigenvalue weighted by Crippen LogP contribution is -2.32. The van der Waals surface area contributed by atoms with Gasteiger partial charge in [-0.2, -0.15) is 4.99 Å². The van der Waals surface area contributed by atoms with Crippen molar-refractivity contribution in [1.29, 1.82) is 0 Å². The summed E-state index contributed by atoms with van der Waals surface area (Å²) in [4.78, 5) is 19.6. The fourth-order valence-electron chi connectivity index (χ4n) is 1.88. The topological polar surface area (TPSA) is 106 Å². The maximum Gasteiger partial charge on any atom is 0.217 e. The number of nitrogens with zero attached hydrogens (tertiary/aromatic N) is 2. The number of amides is 1. The van der Waals surface area contributed by atoms with Crippen LogP contribution in [0.3, 0.4) is 0 Å². The van der Waals surface area contributed by atoms with Crippen LogP contribution in [0.25, 0.3) is 11.5 Å². The molecule has 0 aliphatic heterocycles. The number of aromatic nitrogens is 1. The molecule has 0 fully saturated rings. The average molecular weight is 349 g/mol. The Morgan fingerprint density at radius 3 is 2.92 bits per heavy atom. The number of aliphatic imine (C=N–C) groups is 1. The van der Waals surface area contributed by atoms with Crippen LogP contribution < -0.4 is 16.4 Å². The molecule has 0 aliphatic carbocycles. The number of carbonyl (C=O) groups excluding carboxylic acids is 1. The van der Waals surface area contributed by atoms with Crippen LogP contribution in [0.4, 0.5) is 5.13 Å². The zero-order valence-electron chi connectivity index (χ0n) is 14.1. The number of furan rings is 1. The van der Waals surface area contributed by atoms with E-state index in [0.29, 0.717) is 40.8 Å². The van der Waals surface area contributed by atoms with Gasteiger partial charge in [0.1, 0.15) is 11.5 Å². The Hall–Kier alpha value is -2.35. The number of carbonyl (C=O) groups is 1. The van der Waals surface area contributed by atoms with Gasteiger partial charge in [0, 0.05) is 18.8 Å². The molecule has 24 heavy (non-hydrogen) atoms. The molecular weight excluding hydrogens is 326 g/mol. The van der Waals surface area contributed by atoms with Gasteiger partial charge in [-0.15, -0.1) is 11.3 Å². The second kappa shape index (κ2) is 8.49. The zero-order valence-corrected chi connectivity index (χ0v) is 14.9. The van der Waals surface area contributed by atoms with Gasteiger partial charge in [-0.3, -0.25) is 4.79 Å². The number of rotatable bonds is 7. The van der Waals surface area contributed by atoms with Gasteiger partial charge in [0.15, 0.2) is 11.7 Å². The normalized spacial score (nSPS) is 11.8. The fraction of sp³-hybridized carbons (Fsp3) is 0.438. The molecule has 130 valence electrons. The molecule has 0 saturated carbocycles. The van der Waals surface area contributed by atoms with Gasteiger partial charge in [-0.1, -0.05) is 13.8 Å². The third-order valence-corrected chi connectivity index (χ3v) is 3.90. The molecule has 7 nitrogen and oxygen atoms in total. The second-order valence-corrected chi connectivity index (χ2v) is 6.63. The Balaban J connectivity index is 1.96. The van der Waals surface area contributed by atoms with E-state index in [1.807, 2.05) is 17.5 Å². The summed E-state index contributed by atoms with van der Waals surface area (Å²) >= 11 is 1.39. The highest BCUT2D eigenvalue weighted by atomic mass is 32.1. The number of thiazole rings is 1. The van der Waals surface area contributed by atoms with Crippen LogP contribution in [0.5, 0.6) is 0 Å². The van der Waals surface area contributed by atoms with Crippen LogP contribution in [0, 0.1) is 5.92 Å². The number of guanidine groups is 1. The zero-order chi connectivity index (χ0) is 17.5. The largest absolute Gasteiger partial charge is 0.458 e. The standard InChI is InChI=1S/C16H23N5O2S/c1-10(2)6-7-18-15(17)21-16-20-13(9-24-16)14-5-4-12(23-14)8-19-11(3)22/h4-5,9-10H,6-8H2,1-3H3,(H,19,22)(H3,17,18,20,21). The Kier molecular flexibility index (Phi) is 6.36. The molecule has 1 amide bonds. The monoisotopic (exact) mass is 349 g/mol. The summed E-state index contributed by atoms with van der Waals surface area (Å²) in [5.74, 6) is 2.19. The molecule has 2 heterocycles. The summed E-state index contributed by atoms with van der Waals surface area (Å²) in [5.41, 5.74) is 6.55. The SMILES string of the molecule is CC(=O)NCc1ccc(-c2csc(/N=C(\N)NCCC(C)C)n2)o1. The van der Waals surface area contributed by atoms with E-state index in [0.717, 1.165) is 13.0 Å². The molecular formula is C16H23N5O2S. The smallest absolute Gasteiger partial charge is 0.217 e. The summed E-state index contributed by atoms with van der Waals surface area (Å²) in [7, 11) is 0. The van der Waals surface area contributed by atoms with Crippen LogP contribution >= 0.6 is 11.3 Å². The summed E-state index contributed by atoms with van der Waals surface area (Å²) in [6.45, 7) is 6.93. The molecule has 8 heteroatoms. The summed E-state index contributed by atoms with van der Waals surface area (Å²) in [5, 5.41) is 8.19. The van der Waals surface area contributed by atoms with Crippen LogP contribution in [0.15, 0.2) is 26.9 Å². The van der Waals surface area contributed by atoms with Crippen molar-refractivity contribution in [3.8, 4) is 11.5 Å². The summed E-state index contributed by atoms with van der Waals surface area (Å²) in [6, 6.07) is 3.64. The van der Waals surface area contributed by atoms with Crippen LogP contribution in [0.1, 0.15) is 33.0 Å². The van der Waals surface area contributed by atoms with Crippen LogP contribution in [0.2, 0.25) is 0 Å². The maximum atomic E-state index is 10.9. The molecule has 0 aliphatic rings. The lowest BCUT2D eigenvalue weighted by atomic mass is 10.1. The van der Waals surface area contributed by atoms with Crippen molar-refractivity contribution >= 4 is 28.3 Å². The van der Waals surface area contributed by atoms with Crippen molar-refractivity contribution in [3.05, 3.63) is 23.3 Å². The quantitative estimate of drug-likeness (QED) is 0.526. The molecule has 0 spiro atoms. The predicted molar refractivity (Wildman–Crippen MR) is 96.1 cm³/mol. The molecule has 0 unspecified atom stereocenters. The molecule has 2 rings (SSSR count). The van der Waals surface area contributed by atoms with Crippen molar-refractivity contribution < 1.29 is 9.21 Å². The molecule has 0 aromatic carbocycles. The highest BCUT2D eigenvalue weighted by molar-refractivity contribution is 7.13. The van der Waals surface area contributed by atoms with Gasteiger partial charge < -0.3 is 20.8 Å². The Labute approximate surface area is 145 Å². The third kappa shape index (κ3) is 5.69. The fourth-order valence-corrected chi connectivity index (χ4v) is 2.57. The highest BCUT2D eigenvalue weighted by Gasteiger charge is 2.09. The first kappa shape index (κ1) is 18.0. The Bertz CT molecular complexity index is 705. The van der Waals surface area contributed by atoms with Gasteiger partial charge in [0.25, 0.3) is 0 Å². The van der Waals surface area contributed by atoms with E-state index in [-0.39, 0.29) is 5.91 Å². The van der Waals surface area contributed by atoms with Crippen molar-refractivity contribution in [2.24, 2.45) is 16.6 Å². The van der Waals surface area contributed by atoms with Crippen molar-refractivity contribution in [3.63, 3.8) is 0 Å². The third-order valence-electron chi connectivity index (χ3n) is 3.16. The number of hydrogen-bond acceptors (Lipinski definition) is 5. The first-order valence-electron chi connectivity index (χ1n) is 7.81. The summed E-state index contributed by atoms with van der Waals surface area (Å²) < 4.78 is 5.66. The van der Waals surface area contributed by atoms with Crippen LogP contribution in [-0.2, 0) is 11.3 Å². The van der Waals surface area contributed by atoms with Crippen molar-refractivity contribution in [2.75, 3.05) is 6.54 Å². The van der Waals surface area contributed by atoms with E-state index in [2.05, 4.69) is 34.5 Å². The molecule has 2 aromatic rings. The van der Waals surface area contributed by atoms with E-state index in [1.165, 1.54) is 18.3 Å². The van der Waals surface area contributed by atoms with E-state index in [4.69, 9.17) is 10.2 Å². The van der Waals surface area contributed by atoms with E-state index < -0.39 is 0 Å². The molecule has 4 N–H and O–H groups in total. The second-order valence-electron chi connectivity index (χ2n) is 5.80. The van der Waals surface area contributed by atoms with Gasteiger partial charge in [0.05, 0.1) is 6.54 Å². The van der Waals surface area contributed by atoms with Gasteiger partial charge >= 0.3 is 0 Å². The molecule has 0 radical (unpaired) electrons. The van der Waals surface area contributed by atoms with Gasteiger partial charge in [-0.25, -0.2) is 4.98 Å². The maximum absolute atomic E-state index is 10.9. The van der Waals surface area contributed by atoms with Crippen molar-refractivity contribution in [1.82, 2.24) is 15.6 Å². The molecule has 0 saturated heterocycles. The average Bonchev–Trinajstić information content (AvgIpc) is 3.13. The van der Waals surface area contributed by atoms with E-state index in [1.54, 1.807) is 0 Å². The number of nitrogens with two attached hydrogens (primary N) is 1. The highest BCUT2D eigenvalue weighted by Crippen LogP contribution is 2.28. The number of nitrogens with one attached hydrogen (secondary N) is 2. The van der Waals surface area contributed by atoms with E-state index >= 15 is 0 Å². The van der Waals surface area contributed by atoms with Gasteiger partial charge in [0.2, 0.25) is 11.0 Å². The lowest BCUT2D eigenvalue weighted by molar-refractivity contribution is -0.119. The summed E-state index contributed by atoms with van der Waals surface area (Å²) in [6.07, 6.45) is 1.03. The minimum Gasteiger partial charge on any atom is -0.458 e. The first-order chi connectivity index (χ1) is 11.4. The molecule has 0 bridgehead atoms.